The number of amides is 2. The molecule has 6 heteroatoms. The van der Waals surface area contributed by atoms with E-state index in [2.05, 4.69) is 0 Å². The molecule has 0 unspecified atom stereocenters. The number of methoxy groups -OCH3 is 1. The second-order valence-electron chi connectivity index (χ2n) is 4.20. The number of hydroxylamine groups is 2. The van der Waals surface area contributed by atoms with Crippen molar-refractivity contribution in [3.05, 3.63) is 0 Å². The van der Waals surface area contributed by atoms with Crippen LogP contribution < -0.4 is 0 Å². The highest BCUT2D eigenvalue weighted by Gasteiger charge is 2.32. The molecule has 0 N–H and O–H groups in total. The van der Waals surface area contributed by atoms with Crippen LogP contribution in [0.15, 0.2) is 0 Å². The summed E-state index contributed by atoms with van der Waals surface area (Å²) >= 11 is 0. The lowest BCUT2D eigenvalue weighted by molar-refractivity contribution is -0.197. The highest BCUT2D eigenvalue weighted by Crippen LogP contribution is 2.13. The molecule has 0 aliphatic carbocycles. The summed E-state index contributed by atoms with van der Waals surface area (Å²) in [5.41, 5.74) is 0. The number of hydrogen-bond donors (Lipinski definition) is 0. The Kier molecular flexibility index (Phi) is 6.35. The molecular weight excluding hydrogens is 238 g/mol. The van der Waals surface area contributed by atoms with Gasteiger partial charge in [-0.05, 0) is 12.8 Å². The SMILES string of the molecule is COCCCCCCC(=O)ON1C(=O)CCC1=O. The van der Waals surface area contributed by atoms with E-state index in [-0.39, 0.29) is 19.3 Å². The molecule has 18 heavy (non-hydrogen) atoms. The van der Waals surface area contributed by atoms with Gasteiger partial charge in [0, 0.05) is 33.0 Å². The number of nitrogens with zero attached hydrogens (tertiary/aromatic N) is 1. The number of imide groups is 1. The maximum Gasteiger partial charge on any atom is 0.333 e. The van der Waals surface area contributed by atoms with E-state index in [1.165, 1.54) is 0 Å². The summed E-state index contributed by atoms with van der Waals surface area (Å²) in [5.74, 6) is -1.40. The van der Waals surface area contributed by atoms with Gasteiger partial charge in [-0.2, -0.15) is 0 Å². The predicted molar refractivity (Wildman–Crippen MR) is 62.1 cm³/mol. The van der Waals surface area contributed by atoms with Crippen LogP contribution in [0.3, 0.4) is 0 Å². The van der Waals surface area contributed by atoms with Crippen molar-refractivity contribution >= 4 is 17.8 Å². The van der Waals surface area contributed by atoms with Gasteiger partial charge in [-0.25, -0.2) is 4.79 Å². The lowest BCUT2D eigenvalue weighted by Gasteiger charge is -2.12. The molecule has 1 rings (SSSR count). The Hall–Kier alpha value is -1.43. The predicted octanol–water partition coefficient (Wildman–Crippen LogP) is 1.19. The van der Waals surface area contributed by atoms with Crippen LogP contribution in [0.1, 0.15) is 44.9 Å². The maximum atomic E-state index is 11.4. The van der Waals surface area contributed by atoms with Crippen LogP contribution in [0, 0.1) is 0 Å². The van der Waals surface area contributed by atoms with Crippen LogP contribution in [-0.4, -0.2) is 36.6 Å². The first-order chi connectivity index (χ1) is 8.65. The maximum absolute atomic E-state index is 11.4. The molecule has 1 heterocycles. The van der Waals surface area contributed by atoms with E-state index < -0.39 is 17.8 Å². The molecular formula is C12H19NO5. The van der Waals surface area contributed by atoms with Crippen molar-refractivity contribution in [1.29, 1.82) is 0 Å². The fourth-order valence-corrected chi connectivity index (χ4v) is 1.67. The Morgan fingerprint density at radius 1 is 1.11 bits per heavy atom. The standard InChI is InChI=1S/C12H19NO5/c1-17-9-5-3-2-4-6-12(16)18-13-10(14)7-8-11(13)15/h2-9H2,1H3. The molecule has 0 radical (unpaired) electrons. The third kappa shape index (κ3) is 4.83. The first-order valence-corrected chi connectivity index (χ1v) is 6.20. The van der Waals surface area contributed by atoms with E-state index in [1.54, 1.807) is 7.11 Å². The summed E-state index contributed by atoms with van der Waals surface area (Å²) in [6.45, 7) is 0.723. The largest absolute Gasteiger partial charge is 0.385 e. The molecule has 1 aliphatic rings. The van der Waals surface area contributed by atoms with Gasteiger partial charge in [0.1, 0.15) is 0 Å². The number of ether oxygens (including phenoxy) is 1. The summed E-state index contributed by atoms with van der Waals surface area (Å²) in [5, 5.41) is 0.591. The van der Waals surface area contributed by atoms with Gasteiger partial charge in [-0.15, -0.1) is 5.06 Å². The van der Waals surface area contributed by atoms with Crippen molar-refractivity contribution in [1.82, 2.24) is 5.06 Å². The normalized spacial score (nSPS) is 15.3. The molecule has 0 saturated carbocycles. The number of rotatable bonds is 8. The lowest BCUT2D eigenvalue weighted by atomic mass is 10.1. The molecule has 2 amide bonds. The van der Waals surface area contributed by atoms with Gasteiger partial charge in [0.2, 0.25) is 0 Å². The van der Waals surface area contributed by atoms with Crippen LogP contribution in [0.2, 0.25) is 0 Å². The summed E-state index contributed by atoms with van der Waals surface area (Å²) < 4.78 is 4.91. The van der Waals surface area contributed by atoms with Crippen LogP contribution in [0.5, 0.6) is 0 Å². The van der Waals surface area contributed by atoms with Gasteiger partial charge in [-0.1, -0.05) is 12.8 Å². The quantitative estimate of drug-likeness (QED) is 0.482. The Morgan fingerprint density at radius 3 is 2.33 bits per heavy atom. The van der Waals surface area contributed by atoms with E-state index in [1.807, 2.05) is 0 Å². The molecule has 0 bridgehead atoms. The summed E-state index contributed by atoms with van der Waals surface area (Å²) in [4.78, 5) is 38.5. The van der Waals surface area contributed by atoms with Crippen molar-refractivity contribution in [2.45, 2.75) is 44.9 Å². The summed E-state index contributed by atoms with van der Waals surface area (Å²) in [6, 6.07) is 0. The van der Waals surface area contributed by atoms with Crippen molar-refractivity contribution in [2.24, 2.45) is 0 Å². The zero-order valence-electron chi connectivity index (χ0n) is 10.6. The Labute approximate surface area is 106 Å². The first kappa shape index (κ1) is 14.6. The minimum absolute atomic E-state index is 0.128. The number of hydrogen-bond acceptors (Lipinski definition) is 5. The van der Waals surface area contributed by atoms with Gasteiger partial charge in [0.15, 0.2) is 0 Å². The zero-order valence-corrected chi connectivity index (χ0v) is 10.6. The van der Waals surface area contributed by atoms with Crippen LogP contribution in [-0.2, 0) is 24.0 Å². The molecule has 1 saturated heterocycles. The van der Waals surface area contributed by atoms with Crippen LogP contribution >= 0.6 is 0 Å². The number of unbranched alkanes of at least 4 members (excludes halogenated alkanes) is 3. The van der Waals surface area contributed by atoms with E-state index in [9.17, 15) is 14.4 Å². The van der Waals surface area contributed by atoms with Gasteiger partial charge < -0.3 is 9.57 Å². The zero-order chi connectivity index (χ0) is 13.4. The third-order valence-corrected chi connectivity index (χ3v) is 2.68. The number of carbonyl (C=O) groups excluding carboxylic acids is 3. The molecule has 0 spiro atoms. The fraction of sp³-hybridized carbons (Fsp3) is 0.750. The van der Waals surface area contributed by atoms with E-state index in [4.69, 9.17) is 9.57 Å². The fourth-order valence-electron chi connectivity index (χ4n) is 1.67. The van der Waals surface area contributed by atoms with Crippen molar-refractivity contribution in [3.63, 3.8) is 0 Å². The van der Waals surface area contributed by atoms with Crippen molar-refractivity contribution < 1.29 is 24.0 Å². The second kappa shape index (κ2) is 7.81. The molecule has 0 aromatic heterocycles. The molecule has 1 fully saturated rings. The Morgan fingerprint density at radius 2 is 1.72 bits per heavy atom. The molecule has 0 aromatic carbocycles. The second-order valence-corrected chi connectivity index (χ2v) is 4.20. The van der Waals surface area contributed by atoms with Crippen LogP contribution in [0.4, 0.5) is 0 Å². The highest BCUT2D eigenvalue weighted by atomic mass is 16.7. The molecule has 102 valence electrons. The van der Waals surface area contributed by atoms with Gasteiger partial charge in [-0.3, -0.25) is 9.59 Å². The average molecular weight is 257 g/mol. The van der Waals surface area contributed by atoms with E-state index in [0.29, 0.717) is 11.5 Å². The van der Waals surface area contributed by atoms with E-state index in [0.717, 1.165) is 25.9 Å². The topological polar surface area (TPSA) is 72.9 Å². The molecule has 0 atom stereocenters. The third-order valence-electron chi connectivity index (χ3n) is 2.68. The van der Waals surface area contributed by atoms with Crippen molar-refractivity contribution in [3.8, 4) is 0 Å². The van der Waals surface area contributed by atoms with Gasteiger partial charge >= 0.3 is 5.97 Å². The molecule has 0 aromatic rings. The minimum atomic E-state index is -0.523. The van der Waals surface area contributed by atoms with Gasteiger partial charge in [0.05, 0.1) is 0 Å². The number of carbonyl (C=O) groups is 3. The van der Waals surface area contributed by atoms with Crippen LogP contribution in [0.25, 0.3) is 0 Å². The summed E-state index contributed by atoms with van der Waals surface area (Å²) in [6.07, 6.45) is 4.03. The minimum Gasteiger partial charge on any atom is -0.385 e. The molecule has 6 nitrogen and oxygen atoms in total. The van der Waals surface area contributed by atoms with Crippen molar-refractivity contribution in [2.75, 3.05) is 13.7 Å². The first-order valence-electron chi connectivity index (χ1n) is 6.20. The van der Waals surface area contributed by atoms with Gasteiger partial charge in [0.25, 0.3) is 11.8 Å². The smallest absolute Gasteiger partial charge is 0.333 e. The monoisotopic (exact) mass is 257 g/mol. The Bertz CT molecular complexity index is 300. The van der Waals surface area contributed by atoms with E-state index >= 15 is 0 Å². The average Bonchev–Trinajstić information content (AvgIpc) is 2.65. The Balaban J connectivity index is 2.10. The summed E-state index contributed by atoms with van der Waals surface area (Å²) in [7, 11) is 1.65. The highest BCUT2D eigenvalue weighted by molar-refractivity contribution is 6.01. The lowest BCUT2D eigenvalue weighted by Crippen LogP contribution is -2.31. The molecule has 1 aliphatic heterocycles.